The molecular weight excluding hydrogens is 322 g/mol. The van der Waals surface area contributed by atoms with E-state index in [1.54, 1.807) is 29.0 Å². The van der Waals surface area contributed by atoms with Crippen LogP contribution in [0, 0.1) is 13.8 Å². The van der Waals surface area contributed by atoms with Crippen molar-refractivity contribution in [2.75, 3.05) is 12.1 Å². The predicted octanol–water partition coefficient (Wildman–Crippen LogP) is 2.04. The van der Waals surface area contributed by atoms with E-state index >= 15 is 0 Å². The van der Waals surface area contributed by atoms with Crippen molar-refractivity contribution in [2.24, 2.45) is 0 Å². The van der Waals surface area contributed by atoms with Crippen molar-refractivity contribution in [1.82, 2.24) is 19.8 Å². The molecule has 0 saturated heterocycles. The zero-order chi connectivity index (χ0) is 17.4. The van der Waals surface area contributed by atoms with Gasteiger partial charge in [0.15, 0.2) is 17.1 Å². The lowest BCUT2D eigenvalue weighted by atomic mass is 10.0. The van der Waals surface area contributed by atoms with E-state index in [9.17, 15) is 4.79 Å². The summed E-state index contributed by atoms with van der Waals surface area (Å²) in [6.07, 6.45) is 2.51. The average Bonchev–Trinajstić information content (AvgIpc) is 3.22. The Bertz CT molecular complexity index is 966. The zero-order valence-electron chi connectivity index (χ0n) is 13.9. The summed E-state index contributed by atoms with van der Waals surface area (Å²) in [6, 6.07) is 5.35. The van der Waals surface area contributed by atoms with Gasteiger partial charge in [0.1, 0.15) is 6.33 Å². The molecule has 2 aromatic heterocycles. The second kappa shape index (κ2) is 6.04. The van der Waals surface area contributed by atoms with Crippen molar-refractivity contribution >= 4 is 17.2 Å². The lowest BCUT2D eigenvalue weighted by molar-refractivity contribution is -0.116. The summed E-state index contributed by atoms with van der Waals surface area (Å²) >= 11 is 0. The Kier molecular flexibility index (Phi) is 3.72. The number of fused-ring (bicyclic) bond motifs is 2. The first-order valence-electron chi connectivity index (χ1n) is 7.97. The molecule has 8 heteroatoms. The molecule has 0 fully saturated rings. The molecule has 1 aliphatic heterocycles. The summed E-state index contributed by atoms with van der Waals surface area (Å²) in [5.74, 6) is 1.27. The second-order valence-electron chi connectivity index (χ2n) is 5.90. The van der Waals surface area contributed by atoms with E-state index in [1.165, 1.54) is 0 Å². The molecule has 8 nitrogen and oxygen atoms in total. The Labute approximate surface area is 143 Å². The predicted molar refractivity (Wildman–Crippen MR) is 89.8 cm³/mol. The molecule has 25 heavy (non-hydrogen) atoms. The van der Waals surface area contributed by atoms with E-state index in [2.05, 4.69) is 20.6 Å². The maximum Gasteiger partial charge on any atom is 0.231 e. The van der Waals surface area contributed by atoms with Gasteiger partial charge in [0.2, 0.25) is 12.7 Å². The quantitative estimate of drug-likeness (QED) is 0.782. The number of nitrogens with one attached hydrogen (secondary N) is 1. The average molecular weight is 339 g/mol. The summed E-state index contributed by atoms with van der Waals surface area (Å²) < 4.78 is 12.2. The molecule has 1 aromatic carbocycles. The number of aromatic nitrogens is 4. The van der Waals surface area contributed by atoms with Gasteiger partial charge in [0.25, 0.3) is 0 Å². The minimum atomic E-state index is -0.0704. The zero-order valence-corrected chi connectivity index (χ0v) is 13.9. The normalized spacial score (nSPS) is 12.6. The van der Waals surface area contributed by atoms with Gasteiger partial charge in [-0.05, 0) is 38.0 Å². The van der Waals surface area contributed by atoms with Crippen LogP contribution >= 0.6 is 0 Å². The minimum absolute atomic E-state index is 0.0704. The lowest BCUT2D eigenvalue weighted by Crippen LogP contribution is -2.14. The van der Waals surface area contributed by atoms with E-state index in [-0.39, 0.29) is 12.7 Å². The maximum absolute atomic E-state index is 12.3. The summed E-state index contributed by atoms with van der Waals surface area (Å²) in [7, 11) is 0. The Morgan fingerprint density at radius 1 is 1.28 bits per heavy atom. The van der Waals surface area contributed by atoms with E-state index < -0.39 is 0 Å². The smallest absolute Gasteiger partial charge is 0.231 e. The maximum atomic E-state index is 12.3. The Balaban J connectivity index is 1.45. The molecular formula is C17H17N5O3. The topological polar surface area (TPSA) is 90.6 Å². The molecule has 0 radical (unpaired) electrons. The second-order valence-corrected chi connectivity index (χ2v) is 5.90. The number of nitrogens with zero attached hydrogens (tertiary/aromatic N) is 4. The number of aryl methyl sites for hydroxylation is 2. The SMILES string of the molecule is Cc1nn2cnnc2c(C)c1CCC(=O)Nc1ccc2c(c1)OCO2. The first-order chi connectivity index (χ1) is 12.1. The third-order valence-electron chi connectivity index (χ3n) is 4.27. The number of hydrogen-bond donors (Lipinski definition) is 1. The summed E-state index contributed by atoms with van der Waals surface area (Å²) in [5.41, 5.74) is 4.31. The van der Waals surface area contributed by atoms with Crippen LogP contribution in [0.4, 0.5) is 5.69 Å². The van der Waals surface area contributed by atoms with Crippen molar-refractivity contribution in [2.45, 2.75) is 26.7 Å². The van der Waals surface area contributed by atoms with Gasteiger partial charge in [-0.2, -0.15) is 5.10 Å². The van der Waals surface area contributed by atoms with Crippen molar-refractivity contribution < 1.29 is 14.3 Å². The van der Waals surface area contributed by atoms with Crippen LogP contribution in [0.3, 0.4) is 0 Å². The fourth-order valence-corrected chi connectivity index (χ4v) is 2.98. The Morgan fingerprint density at radius 3 is 3.00 bits per heavy atom. The standard InChI is InChI=1S/C17H17N5O3/c1-10-13(11(2)21-22-8-18-20-17(10)22)4-6-16(23)19-12-3-5-14-15(7-12)25-9-24-14/h3,5,7-8H,4,6,9H2,1-2H3,(H,19,23). The highest BCUT2D eigenvalue weighted by Crippen LogP contribution is 2.34. The van der Waals surface area contributed by atoms with Crippen LogP contribution in [0.25, 0.3) is 5.65 Å². The number of hydrogen-bond acceptors (Lipinski definition) is 6. The van der Waals surface area contributed by atoms with Gasteiger partial charge < -0.3 is 14.8 Å². The molecule has 0 bridgehead atoms. The van der Waals surface area contributed by atoms with Crippen LogP contribution < -0.4 is 14.8 Å². The third kappa shape index (κ3) is 2.86. The van der Waals surface area contributed by atoms with Gasteiger partial charge in [-0.3, -0.25) is 4.79 Å². The molecule has 3 heterocycles. The molecule has 0 unspecified atom stereocenters. The molecule has 1 amide bonds. The van der Waals surface area contributed by atoms with Crippen LogP contribution in [0.5, 0.6) is 11.5 Å². The molecule has 128 valence electrons. The van der Waals surface area contributed by atoms with Crippen molar-refractivity contribution in [3.8, 4) is 11.5 Å². The number of ether oxygens (including phenoxy) is 2. The summed E-state index contributed by atoms with van der Waals surface area (Å²) in [4.78, 5) is 12.3. The number of benzene rings is 1. The van der Waals surface area contributed by atoms with E-state index in [0.29, 0.717) is 30.0 Å². The molecule has 0 atom stereocenters. The molecule has 1 aliphatic rings. The van der Waals surface area contributed by atoms with Gasteiger partial charge in [-0.25, -0.2) is 4.52 Å². The van der Waals surface area contributed by atoms with Gasteiger partial charge in [0, 0.05) is 23.7 Å². The summed E-state index contributed by atoms with van der Waals surface area (Å²) in [6.45, 7) is 4.12. The number of carbonyl (C=O) groups excluding carboxylic acids is 1. The van der Waals surface area contributed by atoms with E-state index in [1.807, 2.05) is 13.8 Å². The molecule has 0 saturated carbocycles. The fourth-order valence-electron chi connectivity index (χ4n) is 2.98. The van der Waals surface area contributed by atoms with Crippen molar-refractivity contribution in [3.63, 3.8) is 0 Å². The Hall–Kier alpha value is -3.16. The van der Waals surface area contributed by atoms with Gasteiger partial charge >= 0.3 is 0 Å². The first kappa shape index (κ1) is 15.4. The number of carbonyl (C=O) groups is 1. The number of anilines is 1. The van der Waals surface area contributed by atoms with Crippen molar-refractivity contribution in [3.05, 3.63) is 41.3 Å². The highest BCUT2D eigenvalue weighted by Gasteiger charge is 2.15. The van der Waals surface area contributed by atoms with Crippen LogP contribution in [-0.4, -0.2) is 32.5 Å². The van der Waals surface area contributed by atoms with Crippen LogP contribution in [0.2, 0.25) is 0 Å². The monoisotopic (exact) mass is 339 g/mol. The van der Waals surface area contributed by atoms with Crippen molar-refractivity contribution in [1.29, 1.82) is 0 Å². The molecule has 4 rings (SSSR count). The molecule has 0 aliphatic carbocycles. The van der Waals surface area contributed by atoms with Gasteiger partial charge in [-0.1, -0.05) is 0 Å². The number of amides is 1. The van der Waals surface area contributed by atoms with E-state index in [4.69, 9.17) is 9.47 Å². The lowest BCUT2D eigenvalue weighted by Gasteiger charge is -2.10. The number of rotatable bonds is 4. The van der Waals surface area contributed by atoms with E-state index in [0.717, 1.165) is 22.5 Å². The van der Waals surface area contributed by atoms with Crippen LogP contribution in [-0.2, 0) is 11.2 Å². The van der Waals surface area contributed by atoms with Crippen LogP contribution in [0.15, 0.2) is 24.5 Å². The largest absolute Gasteiger partial charge is 0.454 e. The minimum Gasteiger partial charge on any atom is -0.454 e. The third-order valence-corrected chi connectivity index (χ3v) is 4.27. The molecule has 0 spiro atoms. The van der Waals surface area contributed by atoms with Gasteiger partial charge in [0.05, 0.1) is 5.69 Å². The van der Waals surface area contributed by atoms with Crippen LogP contribution in [0.1, 0.15) is 23.2 Å². The fraction of sp³-hybridized carbons (Fsp3) is 0.294. The van der Waals surface area contributed by atoms with Gasteiger partial charge in [-0.15, -0.1) is 10.2 Å². The first-order valence-corrected chi connectivity index (χ1v) is 7.97. The Morgan fingerprint density at radius 2 is 2.12 bits per heavy atom. The molecule has 1 N–H and O–H groups in total. The highest BCUT2D eigenvalue weighted by molar-refractivity contribution is 5.91. The molecule has 3 aromatic rings. The summed E-state index contributed by atoms with van der Waals surface area (Å²) in [5, 5.41) is 15.3. The highest BCUT2D eigenvalue weighted by atomic mass is 16.7.